The molecule has 1 saturated heterocycles. The molecule has 1 fully saturated rings. The minimum Gasteiger partial charge on any atom is -0.463 e. The lowest BCUT2D eigenvalue weighted by molar-refractivity contribution is -0.247. The molecule has 0 amide bonds. The van der Waals surface area contributed by atoms with E-state index in [2.05, 4.69) is 25.5 Å². The molecule has 1 aromatic heterocycles. The number of carbonyl (C=O) groups excluding carboxylic acids is 4. The average molecular weight is 641 g/mol. The molecule has 0 unspecified atom stereocenters. The standard InChI is InChI=1S/C26H30Cl2N6O9/c1-12(35)39-10-19-21(40-13(2)36)22(41-14(3)37)23(42-15(4)38)26(43-19)31-24-20(25(34(5)6)30-11-29-24)33-32-18-9-16(27)7-8-17(18)28/h7-9,11,19,21-23,26H,10H2,1-6H3,(H,29,30,31)/t19-,21-,22+,23-,26-/m1/s1. The number of aromatic nitrogens is 2. The van der Waals surface area contributed by atoms with Crippen LogP contribution in [0.4, 0.5) is 23.0 Å². The third kappa shape index (κ3) is 9.20. The zero-order chi connectivity index (χ0) is 31.8. The number of carbonyl (C=O) groups is 4. The molecule has 0 radical (unpaired) electrons. The number of benzene rings is 1. The first kappa shape index (κ1) is 33.4. The van der Waals surface area contributed by atoms with E-state index in [9.17, 15) is 19.2 Å². The van der Waals surface area contributed by atoms with Crippen molar-refractivity contribution in [3.63, 3.8) is 0 Å². The van der Waals surface area contributed by atoms with E-state index in [0.29, 0.717) is 10.8 Å². The van der Waals surface area contributed by atoms with Crippen LogP contribution in [0.2, 0.25) is 10.0 Å². The molecule has 1 aromatic carbocycles. The molecule has 2 heterocycles. The van der Waals surface area contributed by atoms with E-state index in [-0.39, 0.29) is 22.2 Å². The number of ether oxygens (including phenoxy) is 5. The smallest absolute Gasteiger partial charge is 0.303 e. The quantitative estimate of drug-likeness (QED) is 0.225. The monoisotopic (exact) mass is 640 g/mol. The fraction of sp³-hybridized carbons (Fsp3) is 0.462. The van der Waals surface area contributed by atoms with Crippen molar-refractivity contribution >= 4 is 70.1 Å². The van der Waals surface area contributed by atoms with E-state index in [4.69, 9.17) is 46.9 Å². The van der Waals surface area contributed by atoms with Crippen LogP contribution in [0, 0.1) is 0 Å². The molecule has 5 atom stereocenters. The molecule has 15 nitrogen and oxygen atoms in total. The Morgan fingerprint density at radius 1 is 0.907 bits per heavy atom. The summed E-state index contributed by atoms with van der Waals surface area (Å²) in [4.78, 5) is 58.1. The van der Waals surface area contributed by atoms with E-state index >= 15 is 0 Å². The first-order valence-electron chi connectivity index (χ1n) is 12.7. The number of anilines is 2. The molecule has 0 saturated carbocycles. The number of esters is 4. The van der Waals surface area contributed by atoms with Crippen LogP contribution in [0.25, 0.3) is 0 Å². The molecule has 3 rings (SSSR count). The maximum absolute atomic E-state index is 12.2. The van der Waals surface area contributed by atoms with Gasteiger partial charge in [-0.3, -0.25) is 19.2 Å². The zero-order valence-electron chi connectivity index (χ0n) is 24.1. The van der Waals surface area contributed by atoms with Gasteiger partial charge in [-0.05, 0) is 18.2 Å². The van der Waals surface area contributed by atoms with Crippen molar-refractivity contribution in [2.75, 3.05) is 30.9 Å². The Labute approximate surface area is 256 Å². The summed E-state index contributed by atoms with van der Waals surface area (Å²) in [6.45, 7) is 4.17. The highest BCUT2D eigenvalue weighted by atomic mass is 35.5. The number of halogens is 2. The molecule has 2 aromatic rings. The Balaban J connectivity index is 2.12. The topological polar surface area (TPSA) is 180 Å². The van der Waals surface area contributed by atoms with Crippen LogP contribution >= 0.6 is 23.2 Å². The van der Waals surface area contributed by atoms with Gasteiger partial charge in [0.1, 0.15) is 24.7 Å². The van der Waals surface area contributed by atoms with E-state index in [0.717, 1.165) is 20.8 Å². The van der Waals surface area contributed by atoms with Gasteiger partial charge in [0.05, 0.1) is 5.02 Å². The second-order valence-electron chi connectivity index (χ2n) is 9.35. The third-order valence-electron chi connectivity index (χ3n) is 5.66. The van der Waals surface area contributed by atoms with Crippen LogP contribution in [0.1, 0.15) is 27.7 Å². The second-order valence-corrected chi connectivity index (χ2v) is 10.2. The van der Waals surface area contributed by atoms with Crippen molar-refractivity contribution in [1.82, 2.24) is 9.97 Å². The number of azo groups is 1. The first-order valence-corrected chi connectivity index (χ1v) is 13.5. The molecule has 0 bridgehead atoms. The molecule has 1 aliphatic heterocycles. The lowest BCUT2D eigenvalue weighted by Crippen LogP contribution is -2.64. The Kier molecular flexibility index (Phi) is 11.6. The SMILES string of the molecule is CC(=O)OC[C@H]1O[C@@H](Nc2ncnc(N(C)C)c2N=Nc2cc(Cl)ccc2Cl)[C@H](OC(C)=O)[C@@H](OC(C)=O)[C@@H]1OC(C)=O. The van der Waals surface area contributed by atoms with Gasteiger partial charge in [-0.15, -0.1) is 10.2 Å². The van der Waals surface area contributed by atoms with E-state index in [1.807, 2.05) is 0 Å². The van der Waals surface area contributed by atoms with Crippen molar-refractivity contribution in [3.05, 3.63) is 34.6 Å². The minimum atomic E-state index is -1.39. The van der Waals surface area contributed by atoms with Gasteiger partial charge in [0.2, 0.25) is 0 Å². The lowest BCUT2D eigenvalue weighted by atomic mass is 9.97. The van der Waals surface area contributed by atoms with Crippen molar-refractivity contribution in [3.8, 4) is 0 Å². The molecule has 232 valence electrons. The number of nitrogens with one attached hydrogen (secondary N) is 1. The van der Waals surface area contributed by atoms with E-state index in [1.54, 1.807) is 31.1 Å². The predicted molar refractivity (Wildman–Crippen MR) is 153 cm³/mol. The fourth-order valence-corrected chi connectivity index (χ4v) is 4.36. The highest BCUT2D eigenvalue weighted by Gasteiger charge is 2.52. The summed E-state index contributed by atoms with van der Waals surface area (Å²) in [5, 5.41) is 12.2. The number of rotatable bonds is 10. The molecular weight excluding hydrogens is 611 g/mol. The Bertz CT molecular complexity index is 1390. The van der Waals surface area contributed by atoms with Crippen LogP contribution < -0.4 is 10.2 Å². The summed E-state index contributed by atoms with van der Waals surface area (Å²) in [5.74, 6) is -2.54. The largest absolute Gasteiger partial charge is 0.463 e. The number of hydrogen-bond acceptors (Lipinski definition) is 15. The van der Waals surface area contributed by atoms with Crippen LogP contribution in [0.15, 0.2) is 34.8 Å². The van der Waals surface area contributed by atoms with Gasteiger partial charge in [0, 0.05) is 46.8 Å². The zero-order valence-corrected chi connectivity index (χ0v) is 25.6. The summed E-state index contributed by atoms with van der Waals surface area (Å²) < 4.78 is 27.6. The maximum atomic E-state index is 12.2. The first-order chi connectivity index (χ1) is 20.3. The van der Waals surface area contributed by atoms with Crippen LogP contribution in [0.3, 0.4) is 0 Å². The maximum Gasteiger partial charge on any atom is 0.303 e. The van der Waals surface area contributed by atoms with Gasteiger partial charge in [-0.2, -0.15) is 0 Å². The Morgan fingerprint density at radius 3 is 2.14 bits per heavy atom. The third-order valence-corrected chi connectivity index (χ3v) is 6.22. The van der Waals surface area contributed by atoms with E-state index in [1.165, 1.54) is 19.3 Å². The molecule has 1 aliphatic rings. The summed E-state index contributed by atoms with van der Waals surface area (Å²) in [6.07, 6.45) is -5.34. The Hall–Kier alpha value is -4.08. The summed E-state index contributed by atoms with van der Waals surface area (Å²) in [5.41, 5.74) is 0.386. The number of nitrogens with zero attached hydrogens (tertiary/aromatic N) is 5. The molecule has 0 aliphatic carbocycles. The lowest BCUT2D eigenvalue weighted by Gasteiger charge is -2.44. The Morgan fingerprint density at radius 2 is 1.53 bits per heavy atom. The second kappa shape index (κ2) is 14.9. The summed E-state index contributed by atoms with van der Waals surface area (Å²) >= 11 is 12.3. The van der Waals surface area contributed by atoms with Crippen LogP contribution in [-0.2, 0) is 42.9 Å². The van der Waals surface area contributed by atoms with Crippen molar-refractivity contribution < 1.29 is 42.9 Å². The molecule has 0 spiro atoms. The van der Waals surface area contributed by atoms with Gasteiger partial charge in [0.25, 0.3) is 0 Å². The van der Waals surface area contributed by atoms with Gasteiger partial charge < -0.3 is 33.9 Å². The van der Waals surface area contributed by atoms with Gasteiger partial charge in [-0.1, -0.05) is 23.2 Å². The predicted octanol–water partition coefficient (Wildman–Crippen LogP) is 3.76. The molecular formula is C26H30Cl2N6O9. The van der Waals surface area contributed by atoms with Gasteiger partial charge >= 0.3 is 23.9 Å². The van der Waals surface area contributed by atoms with Crippen LogP contribution in [0.5, 0.6) is 0 Å². The highest BCUT2D eigenvalue weighted by molar-refractivity contribution is 6.35. The summed E-state index contributed by atoms with van der Waals surface area (Å²) in [6, 6.07) is 4.67. The van der Waals surface area contributed by atoms with Crippen molar-refractivity contribution in [2.24, 2.45) is 10.2 Å². The normalized spacial score (nSPS) is 21.5. The van der Waals surface area contributed by atoms with E-state index < -0.39 is 61.1 Å². The van der Waals surface area contributed by atoms with Crippen molar-refractivity contribution in [2.45, 2.75) is 58.3 Å². The fourth-order valence-electron chi connectivity index (χ4n) is 4.04. The molecule has 17 heteroatoms. The minimum absolute atomic E-state index is 0.0569. The number of hydrogen-bond donors (Lipinski definition) is 1. The van der Waals surface area contributed by atoms with Gasteiger partial charge in [0.15, 0.2) is 41.9 Å². The average Bonchev–Trinajstić information content (AvgIpc) is 2.90. The van der Waals surface area contributed by atoms with Crippen molar-refractivity contribution in [1.29, 1.82) is 0 Å². The molecule has 43 heavy (non-hydrogen) atoms. The van der Waals surface area contributed by atoms with Crippen LogP contribution in [-0.4, -0.2) is 85.2 Å². The molecule has 1 N–H and O–H groups in total. The highest BCUT2D eigenvalue weighted by Crippen LogP contribution is 2.37. The summed E-state index contributed by atoms with van der Waals surface area (Å²) in [7, 11) is 3.43. The van der Waals surface area contributed by atoms with Gasteiger partial charge in [-0.25, -0.2) is 9.97 Å².